The second-order valence-electron chi connectivity index (χ2n) is 6.74. The number of aromatic nitrogens is 4. The van der Waals surface area contributed by atoms with Crippen LogP contribution in [0.4, 0.5) is 11.5 Å². The van der Waals surface area contributed by atoms with Gasteiger partial charge in [-0.15, -0.1) is 0 Å². The van der Waals surface area contributed by atoms with E-state index in [1.54, 1.807) is 27.1 Å². The summed E-state index contributed by atoms with van der Waals surface area (Å²) in [6.07, 6.45) is 3.59. The summed E-state index contributed by atoms with van der Waals surface area (Å²) >= 11 is 1.62. The average molecular weight is 390 g/mol. The Morgan fingerprint density at radius 2 is 2.00 bits per heavy atom. The van der Waals surface area contributed by atoms with Gasteiger partial charge in [0.2, 0.25) is 5.91 Å². The van der Waals surface area contributed by atoms with Crippen LogP contribution in [0.2, 0.25) is 0 Å². The Morgan fingerprint density at radius 1 is 1.11 bits per heavy atom. The lowest BCUT2D eigenvalue weighted by atomic mass is 10.2. The molecule has 140 valence electrons. The van der Waals surface area contributed by atoms with Crippen molar-refractivity contribution in [2.75, 3.05) is 29.4 Å². The van der Waals surface area contributed by atoms with E-state index in [1.807, 2.05) is 54.3 Å². The van der Waals surface area contributed by atoms with E-state index in [-0.39, 0.29) is 12.5 Å². The zero-order valence-electron chi connectivity index (χ0n) is 15.3. The van der Waals surface area contributed by atoms with Crippen molar-refractivity contribution in [2.24, 2.45) is 7.05 Å². The van der Waals surface area contributed by atoms with Crippen molar-refractivity contribution >= 4 is 39.7 Å². The van der Waals surface area contributed by atoms with Crippen molar-refractivity contribution in [3.63, 3.8) is 0 Å². The number of thiophene rings is 1. The summed E-state index contributed by atoms with van der Waals surface area (Å²) in [6.45, 7) is 1.57. The van der Waals surface area contributed by atoms with Gasteiger partial charge < -0.3 is 9.80 Å². The quantitative estimate of drug-likeness (QED) is 0.538. The molecule has 1 aliphatic rings. The first-order valence-electron chi connectivity index (χ1n) is 9.02. The SMILES string of the molecule is Cn1cc(N2CCN(c3nc(-c4ccsc4)nc4ccccc34)CC2=O)cn1. The van der Waals surface area contributed by atoms with Gasteiger partial charge in [-0.2, -0.15) is 16.4 Å². The Hall–Kier alpha value is -3.26. The molecule has 0 N–H and O–H groups in total. The van der Waals surface area contributed by atoms with E-state index in [0.717, 1.165) is 28.0 Å². The zero-order valence-corrected chi connectivity index (χ0v) is 16.1. The second kappa shape index (κ2) is 6.72. The molecule has 5 rings (SSSR count). The molecule has 0 atom stereocenters. The van der Waals surface area contributed by atoms with Gasteiger partial charge in [0.05, 0.1) is 23.9 Å². The van der Waals surface area contributed by atoms with E-state index in [0.29, 0.717) is 18.9 Å². The maximum Gasteiger partial charge on any atom is 0.246 e. The molecule has 7 nitrogen and oxygen atoms in total. The minimum atomic E-state index is 0.0408. The zero-order chi connectivity index (χ0) is 19.1. The molecule has 0 unspecified atom stereocenters. The van der Waals surface area contributed by atoms with Gasteiger partial charge in [-0.1, -0.05) is 12.1 Å². The number of carbonyl (C=O) groups excluding carboxylic acids is 1. The first-order chi connectivity index (χ1) is 13.7. The highest BCUT2D eigenvalue weighted by Crippen LogP contribution is 2.29. The predicted molar refractivity (Wildman–Crippen MR) is 111 cm³/mol. The third-order valence-electron chi connectivity index (χ3n) is 4.89. The molecule has 1 aromatic carbocycles. The summed E-state index contributed by atoms with van der Waals surface area (Å²) < 4.78 is 1.71. The number of fused-ring (bicyclic) bond motifs is 1. The molecule has 0 saturated carbocycles. The van der Waals surface area contributed by atoms with Crippen molar-refractivity contribution < 1.29 is 4.79 Å². The van der Waals surface area contributed by atoms with Crippen LogP contribution in [0.3, 0.4) is 0 Å². The molecule has 0 bridgehead atoms. The monoisotopic (exact) mass is 390 g/mol. The molecule has 28 heavy (non-hydrogen) atoms. The molecule has 4 heterocycles. The van der Waals surface area contributed by atoms with Crippen LogP contribution < -0.4 is 9.80 Å². The number of benzene rings is 1. The molecule has 1 amide bonds. The summed E-state index contributed by atoms with van der Waals surface area (Å²) in [5.41, 5.74) is 2.71. The van der Waals surface area contributed by atoms with Crippen molar-refractivity contribution in [1.29, 1.82) is 0 Å². The van der Waals surface area contributed by atoms with Crippen LogP contribution in [0.5, 0.6) is 0 Å². The van der Waals surface area contributed by atoms with Crippen LogP contribution in [0.25, 0.3) is 22.3 Å². The van der Waals surface area contributed by atoms with Crippen LogP contribution in [-0.4, -0.2) is 45.3 Å². The normalized spacial score (nSPS) is 14.8. The van der Waals surface area contributed by atoms with E-state index < -0.39 is 0 Å². The fraction of sp³-hybridized carbons (Fsp3) is 0.200. The summed E-state index contributed by atoms with van der Waals surface area (Å²) in [5.74, 6) is 1.54. The molecule has 0 spiro atoms. The number of nitrogens with zero attached hydrogens (tertiary/aromatic N) is 6. The Labute approximate surface area is 165 Å². The standard InChI is InChI=1S/C20H18N6OS/c1-24-11-15(10-21-24)26-8-7-25(12-18(26)27)20-16-4-2-3-5-17(16)22-19(23-20)14-6-9-28-13-14/h2-6,9-11,13H,7-8,12H2,1H3. The van der Waals surface area contributed by atoms with E-state index in [9.17, 15) is 4.79 Å². The van der Waals surface area contributed by atoms with Crippen LogP contribution in [0.15, 0.2) is 53.5 Å². The largest absolute Gasteiger partial charge is 0.345 e. The molecule has 0 radical (unpaired) electrons. The molecule has 3 aromatic heterocycles. The van der Waals surface area contributed by atoms with Gasteiger partial charge in [-0.05, 0) is 23.6 Å². The third kappa shape index (κ3) is 2.91. The summed E-state index contributed by atoms with van der Waals surface area (Å²) in [5, 5.41) is 9.19. The maximum atomic E-state index is 12.8. The number of hydrogen-bond acceptors (Lipinski definition) is 6. The average Bonchev–Trinajstić information content (AvgIpc) is 3.39. The smallest absolute Gasteiger partial charge is 0.246 e. The minimum Gasteiger partial charge on any atom is -0.345 e. The van der Waals surface area contributed by atoms with Crippen molar-refractivity contribution in [3.05, 3.63) is 53.5 Å². The minimum absolute atomic E-state index is 0.0408. The third-order valence-corrected chi connectivity index (χ3v) is 5.57. The van der Waals surface area contributed by atoms with Gasteiger partial charge in [0.1, 0.15) is 5.82 Å². The highest BCUT2D eigenvalue weighted by molar-refractivity contribution is 7.08. The van der Waals surface area contributed by atoms with E-state index in [2.05, 4.69) is 10.00 Å². The number of anilines is 2. The van der Waals surface area contributed by atoms with Gasteiger partial charge in [-0.25, -0.2) is 9.97 Å². The number of rotatable bonds is 3. The summed E-state index contributed by atoms with van der Waals surface area (Å²) in [4.78, 5) is 26.2. The lowest BCUT2D eigenvalue weighted by Crippen LogP contribution is -2.51. The number of amides is 1. The van der Waals surface area contributed by atoms with Crippen LogP contribution >= 0.6 is 11.3 Å². The number of carbonyl (C=O) groups is 1. The molecule has 0 aliphatic carbocycles. The lowest BCUT2D eigenvalue weighted by Gasteiger charge is -2.34. The molecular weight excluding hydrogens is 372 g/mol. The molecular formula is C20H18N6OS. The van der Waals surface area contributed by atoms with Crippen LogP contribution in [0.1, 0.15) is 0 Å². The Kier molecular flexibility index (Phi) is 4.05. The van der Waals surface area contributed by atoms with Crippen LogP contribution in [0, 0.1) is 0 Å². The van der Waals surface area contributed by atoms with Gasteiger partial charge in [-0.3, -0.25) is 9.48 Å². The van der Waals surface area contributed by atoms with E-state index >= 15 is 0 Å². The molecule has 1 aliphatic heterocycles. The second-order valence-corrected chi connectivity index (χ2v) is 7.52. The topological polar surface area (TPSA) is 67.2 Å². The Balaban J connectivity index is 1.52. The van der Waals surface area contributed by atoms with Gasteiger partial charge in [0.25, 0.3) is 0 Å². The molecule has 1 fully saturated rings. The van der Waals surface area contributed by atoms with Crippen molar-refractivity contribution in [2.45, 2.75) is 0 Å². The van der Waals surface area contributed by atoms with E-state index in [4.69, 9.17) is 9.97 Å². The Bertz CT molecular complexity index is 1150. The lowest BCUT2D eigenvalue weighted by molar-refractivity contribution is -0.117. The van der Waals surface area contributed by atoms with Crippen LogP contribution in [-0.2, 0) is 11.8 Å². The molecule has 1 saturated heterocycles. The molecule has 4 aromatic rings. The molecule has 8 heteroatoms. The van der Waals surface area contributed by atoms with Crippen molar-refractivity contribution in [1.82, 2.24) is 19.7 Å². The fourth-order valence-electron chi connectivity index (χ4n) is 3.50. The van der Waals surface area contributed by atoms with Gasteiger partial charge >= 0.3 is 0 Å². The van der Waals surface area contributed by atoms with Gasteiger partial charge in [0, 0.05) is 42.7 Å². The first kappa shape index (κ1) is 16.9. The highest BCUT2D eigenvalue weighted by Gasteiger charge is 2.28. The first-order valence-corrected chi connectivity index (χ1v) is 9.96. The predicted octanol–water partition coefficient (Wildman–Crippen LogP) is 2.95. The number of piperazine rings is 1. The maximum absolute atomic E-state index is 12.8. The van der Waals surface area contributed by atoms with E-state index in [1.165, 1.54) is 0 Å². The highest BCUT2D eigenvalue weighted by atomic mass is 32.1. The summed E-state index contributed by atoms with van der Waals surface area (Å²) in [6, 6.07) is 9.98. The summed E-state index contributed by atoms with van der Waals surface area (Å²) in [7, 11) is 1.85. The Morgan fingerprint density at radius 3 is 2.75 bits per heavy atom. The fourth-order valence-corrected chi connectivity index (χ4v) is 4.13. The number of para-hydroxylation sites is 1. The van der Waals surface area contributed by atoms with Crippen molar-refractivity contribution in [3.8, 4) is 11.4 Å². The number of hydrogen-bond donors (Lipinski definition) is 0. The number of aryl methyl sites for hydroxylation is 1. The van der Waals surface area contributed by atoms with Gasteiger partial charge in [0.15, 0.2) is 5.82 Å².